The molecule has 3 fully saturated rings. The van der Waals surface area contributed by atoms with Gasteiger partial charge in [-0.1, -0.05) is 0 Å². The maximum Gasteiger partial charge on any atom is 0.315 e. The summed E-state index contributed by atoms with van der Waals surface area (Å²) in [5.74, 6) is 0. The van der Waals surface area contributed by atoms with Crippen LogP contribution >= 0.6 is 0 Å². The van der Waals surface area contributed by atoms with Gasteiger partial charge < -0.3 is 25.2 Å². The summed E-state index contributed by atoms with van der Waals surface area (Å²) in [6.07, 6.45) is 5.10. The second-order valence-corrected chi connectivity index (χ2v) is 7.40. The van der Waals surface area contributed by atoms with Crippen molar-refractivity contribution < 1.29 is 19.4 Å². The first kappa shape index (κ1) is 17.9. The second-order valence-electron chi connectivity index (χ2n) is 7.40. The van der Waals surface area contributed by atoms with Gasteiger partial charge in [-0.05, 0) is 26.2 Å². The number of hydrogen-bond donors (Lipinski definition) is 3. The molecule has 0 aromatic carbocycles. The van der Waals surface area contributed by atoms with Crippen molar-refractivity contribution >= 4 is 6.03 Å². The molecule has 2 aliphatic heterocycles. The summed E-state index contributed by atoms with van der Waals surface area (Å²) >= 11 is 0. The third-order valence-electron chi connectivity index (χ3n) is 5.45. The molecule has 138 valence electrons. The number of urea groups is 1. The van der Waals surface area contributed by atoms with Gasteiger partial charge in [0, 0.05) is 57.3 Å². The molecule has 7 heteroatoms. The van der Waals surface area contributed by atoms with Gasteiger partial charge in [-0.3, -0.25) is 4.90 Å². The van der Waals surface area contributed by atoms with Crippen LogP contribution in [0.1, 0.15) is 39.0 Å². The smallest absolute Gasteiger partial charge is 0.315 e. The summed E-state index contributed by atoms with van der Waals surface area (Å²) in [6.45, 7) is 5.20. The van der Waals surface area contributed by atoms with E-state index in [1.54, 1.807) is 0 Å². The number of carbonyl (C=O) groups excluding carboxylic acids is 1. The average molecular weight is 341 g/mol. The van der Waals surface area contributed by atoms with Crippen LogP contribution in [0.5, 0.6) is 0 Å². The average Bonchev–Trinajstić information content (AvgIpc) is 3.36. The first-order chi connectivity index (χ1) is 11.6. The molecule has 3 rings (SSSR count). The summed E-state index contributed by atoms with van der Waals surface area (Å²) in [4.78, 5) is 14.8. The van der Waals surface area contributed by atoms with Crippen LogP contribution < -0.4 is 10.6 Å². The Morgan fingerprint density at radius 2 is 2.12 bits per heavy atom. The molecule has 0 aromatic rings. The van der Waals surface area contributed by atoms with Gasteiger partial charge in [0.05, 0.1) is 18.8 Å². The standard InChI is InChI=1S/C17H31N3O4/c1-13-10-14(11-20(13)15-2-3-15)19-16(22)18-12-17(24-9-6-21)4-7-23-8-5-17/h13-15,21H,2-12H2,1H3,(H2,18,19,22)/t13-,14+/m0/s1. The highest BCUT2D eigenvalue weighted by Gasteiger charge is 2.39. The SMILES string of the molecule is C[C@H]1C[C@@H](NC(=O)NCC2(OCCO)CCOCC2)CN1C1CC1. The Morgan fingerprint density at radius 3 is 2.79 bits per heavy atom. The molecular formula is C17H31N3O4. The number of ether oxygens (including phenoxy) is 2. The third kappa shape index (κ3) is 4.59. The Labute approximate surface area is 144 Å². The molecule has 0 radical (unpaired) electrons. The number of rotatable bonds is 7. The maximum atomic E-state index is 12.3. The van der Waals surface area contributed by atoms with E-state index >= 15 is 0 Å². The molecule has 0 bridgehead atoms. The monoisotopic (exact) mass is 341 g/mol. The molecule has 1 saturated carbocycles. The minimum absolute atomic E-state index is 0.00817. The van der Waals surface area contributed by atoms with E-state index in [0.717, 1.165) is 31.8 Å². The van der Waals surface area contributed by atoms with E-state index in [2.05, 4.69) is 22.5 Å². The highest BCUT2D eigenvalue weighted by Crippen LogP contribution is 2.33. The zero-order valence-corrected chi connectivity index (χ0v) is 14.6. The molecule has 0 spiro atoms. The van der Waals surface area contributed by atoms with Crippen molar-refractivity contribution in [2.45, 2.75) is 62.8 Å². The molecule has 0 unspecified atom stereocenters. The normalized spacial score (nSPS) is 30.2. The van der Waals surface area contributed by atoms with Crippen LogP contribution in [-0.2, 0) is 9.47 Å². The fourth-order valence-corrected chi connectivity index (χ4v) is 3.93. The van der Waals surface area contributed by atoms with Crippen molar-refractivity contribution in [3.05, 3.63) is 0 Å². The minimum atomic E-state index is -0.415. The lowest BCUT2D eigenvalue weighted by atomic mass is 9.94. The molecule has 0 aromatic heterocycles. The molecule has 2 saturated heterocycles. The van der Waals surface area contributed by atoms with Gasteiger partial charge >= 0.3 is 6.03 Å². The summed E-state index contributed by atoms with van der Waals surface area (Å²) in [5, 5.41) is 15.1. The van der Waals surface area contributed by atoms with Gasteiger partial charge in [-0.25, -0.2) is 4.79 Å². The van der Waals surface area contributed by atoms with Crippen molar-refractivity contribution in [1.82, 2.24) is 15.5 Å². The lowest BCUT2D eigenvalue weighted by Crippen LogP contribution is -2.52. The molecule has 2 amide bonds. The summed E-state index contributed by atoms with van der Waals surface area (Å²) < 4.78 is 11.2. The molecule has 2 atom stereocenters. The van der Waals surface area contributed by atoms with E-state index in [1.165, 1.54) is 12.8 Å². The van der Waals surface area contributed by atoms with Gasteiger partial charge in [0.25, 0.3) is 0 Å². The Morgan fingerprint density at radius 1 is 1.38 bits per heavy atom. The summed E-state index contributed by atoms with van der Waals surface area (Å²) in [7, 11) is 0. The van der Waals surface area contributed by atoms with Gasteiger partial charge in [-0.2, -0.15) is 0 Å². The largest absolute Gasteiger partial charge is 0.394 e. The highest BCUT2D eigenvalue weighted by molar-refractivity contribution is 5.74. The van der Waals surface area contributed by atoms with Crippen molar-refractivity contribution in [3.8, 4) is 0 Å². The maximum absolute atomic E-state index is 12.3. The van der Waals surface area contributed by atoms with E-state index in [0.29, 0.717) is 32.4 Å². The van der Waals surface area contributed by atoms with E-state index in [4.69, 9.17) is 14.6 Å². The van der Waals surface area contributed by atoms with E-state index in [-0.39, 0.29) is 18.7 Å². The number of aliphatic hydroxyl groups excluding tert-OH is 1. The van der Waals surface area contributed by atoms with Crippen molar-refractivity contribution in [2.24, 2.45) is 0 Å². The van der Waals surface area contributed by atoms with Gasteiger partial charge in [-0.15, -0.1) is 0 Å². The topological polar surface area (TPSA) is 83.1 Å². The van der Waals surface area contributed by atoms with E-state index in [9.17, 15) is 4.79 Å². The Hall–Kier alpha value is -0.890. The quantitative estimate of drug-likeness (QED) is 0.627. The number of carbonyl (C=O) groups is 1. The first-order valence-electron chi connectivity index (χ1n) is 9.24. The van der Waals surface area contributed by atoms with Crippen LogP contribution in [0.4, 0.5) is 4.79 Å². The van der Waals surface area contributed by atoms with Crippen LogP contribution in [0.2, 0.25) is 0 Å². The summed E-state index contributed by atoms with van der Waals surface area (Å²) in [6, 6.07) is 1.40. The third-order valence-corrected chi connectivity index (χ3v) is 5.45. The molecular weight excluding hydrogens is 310 g/mol. The van der Waals surface area contributed by atoms with Crippen molar-refractivity contribution in [3.63, 3.8) is 0 Å². The van der Waals surface area contributed by atoms with Crippen LogP contribution in [0.15, 0.2) is 0 Å². The number of likely N-dealkylation sites (tertiary alicyclic amines) is 1. The fraction of sp³-hybridized carbons (Fsp3) is 0.941. The zero-order chi connectivity index (χ0) is 17.0. The Bertz CT molecular complexity index is 424. The Balaban J connectivity index is 1.43. The predicted molar refractivity (Wildman–Crippen MR) is 90.0 cm³/mol. The van der Waals surface area contributed by atoms with Crippen LogP contribution in [0, 0.1) is 0 Å². The lowest BCUT2D eigenvalue weighted by molar-refractivity contribution is -0.114. The molecule has 24 heavy (non-hydrogen) atoms. The highest BCUT2D eigenvalue weighted by atomic mass is 16.5. The van der Waals surface area contributed by atoms with Gasteiger partial charge in [0.1, 0.15) is 0 Å². The van der Waals surface area contributed by atoms with Gasteiger partial charge in [0.2, 0.25) is 0 Å². The van der Waals surface area contributed by atoms with E-state index < -0.39 is 5.60 Å². The van der Waals surface area contributed by atoms with Crippen molar-refractivity contribution in [1.29, 1.82) is 0 Å². The summed E-state index contributed by atoms with van der Waals surface area (Å²) in [5.41, 5.74) is -0.415. The molecule has 1 aliphatic carbocycles. The number of nitrogens with zero attached hydrogens (tertiary/aromatic N) is 1. The number of nitrogens with one attached hydrogen (secondary N) is 2. The predicted octanol–water partition coefficient (Wildman–Crippen LogP) is 0.469. The van der Waals surface area contributed by atoms with Crippen LogP contribution in [0.25, 0.3) is 0 Å². The molecule has 3 N–H and O–H groups in total. The number of aliphatic hydroxyl groups is 1. The lowest BCUT2D eigenvalue weighted by Gasteiger charge is -2.37. The molecule has 2 heterocycles. The van der Waals surface area contributed by atoms with Crippen LogP contribution in [0.3, 0.4) is 0 Å². The molecule has 3 aliphatic rings. The van der Waals surface area contributed by atoms with Gasteiger partial charge in [0.15, 0.2) is 0 Å². The number of hydrogen-bond acceptors (Lipinski definition) is 5. The second kappa shape index (κ2) is 7.99. The van der Waals surface area contributed by atoms with Crippen LogP contribution in [-0.4, -0.2) is 79.3 Å². The number of amides is 2. The van der Waals surface area contributed by atoms with Crippen molar-refractivity contribution in [2.75, 3.05) is 39.5 Å². The fourth-order valence-electron chi connectivity index (χ4n) is 3.93. The zero-order valence-electron chi connectivity index (χ0n) is 14.6. The first-order valence-corrected chi connectivity index (χ1v) is 9.24. The Kier molecular flexibility index (Phi) is 5.97. The minimum Gasteiger partial charge on any atom is -0.394 e. The van der Waals surface area contributed by atoms with E-state index in [1.807, 2.05) is 0 Å². The molecule has 7 nitrogen and oxygen atoms in total.